The summed E-state index contributed by atoms with van der Waals surface area (Å²) in [5.41, 5.74) is 0.297. The first kappa shape index (κ1) is 12.8. The topological polar surface area (TPSA) is 75.6 Å². The Bertz CT molecular complexity index is 601. The Hall–Kier alpha value is -2.21. The number of aliphatic carboxylic acids is 1. The zero-order valence-corrected chi connectivity index (χ0v) is 10.3. The van der Waals surface area contributed by atoms with Gasteiger partial charge in [0.1, 0.15) is 11.7 Å². The number of amides is 1. The lowest BCUT2D eigenvalue weighted by Gasteiger charge is -2.20. The van der Waals surface area contributed by atoms with Crippen molar-refractivity contribution in [2.75, 3.05) is 5.32 Å². The minimum atomic E-state index is -1.07. The zero-order chi connectivity index (χ0) is 14.3. The number of carbonyl (C=O) groups is 2. The molecule has 5 nitrogen and oxygen atoms in total. The number of rotatable bonds is 3. The highest BCUT2D eigenvalue weighted by molar-refractivity contribution is 5.96. The van der Waals surface area contributed by atoms with E-state index in [-0.39, 0.29) is 0 Å². The molecule has 1 saturated heterocycles. The predicted molar refractivity (Wildman–Crippen MR) is 67.4 cm³/mol. The van der Waals surface area contributed by atoms with E-state index < -0.39 is 41.7 Å². The number of carboxylic acid groups (broad SMARTS) is 1. The third-order valence-corrected chi connectivity index (χ3v) is 3.58. The van der Waals surface area contributed by atoms with E-state index in [2.05, 4.69) is 5.32 Å². The Morgan fingerprint density at radius 1 is 1.20 bits per heavy atom. The highest BCUT2D eigenvalue weighted by atomic mass is 19.1. The Balaban J connectivity index is 1.80. The standard InChI is InChI=1S/C14H12FNO4/c15-7-2-1-3-8(6-7)16-13(17)11-9-4-5-10(20-9)12(11)14(18)19/h1-6,9-12H,(H,16,17)(H,18,19)/t9-,10-,11-,12-/m1/s1. The number of ether oxygens (including phenoxy) is 1. The molecule has 0 saturated carbocycles. The van der Waals surface area contributed by atoms with Gasteiger partial charge in [-0.2, -0.15) is 0 Å². The molecule has 3 rings (SSSR count). The number of benzene rings is 1. The van der Waals surface area contributed by atoms with Gasteiger partial charge in [0, 0.05) is 5.69 Å². The van der Waals surface area contributed by atoms with Crippen LogP contribution in [0.15, 0.2) is 36.4 Å². The number of anilines is 1. The van der Waals surface area contributed by atoms with Crippen LogP contribution in [-0.2, 0) is 14.3 Å². The van der Waals surface area contributed by atoms with E-state index in [1.807, 2.05) is 0 Å². The van der Waals surface area contributed by atoms with Crippen molar-refractivity contribution in [2.45, 2.75) is 12.2 Å². The van der Waals surface area contributed by atoms with E-state index in [9.17, 15) is 19.1 Å². The second-order valence-corrected chi connectivity index (χ2v) is 4.84. The Labute approximate surface area is 114 Å². The second-order valence-electron chi connectivity index (χ2n) is 4.84. The van der Waals surface area contributed by atoms with Crippen LogP contribution in [0.2, 0.25) is 0 Å². The molecule has 2 N–H and O–H groups in total. The van der Waals surface area contributed by atoms with E-state index >= 15 is 0 Å². The maximum absolute atomic E-state index is 13.1. The number of fused-ring (bicyclic) bond motifs is 2. The van der Waals surface area contributed by atoms with Gasteiger partial charge in [0.25, 0.3) is 0 Å². The molecule has 104 valence electrons. The van der Waals surface area contributed by atoms with Crippen LogP contribution >= 0.6 is 0 Å². The molecule has 20 heavy (non-hydrogen) atoms. The van der Waals surface area contributed by atoms with Crippen molar-refractivity contribution in [1.29, 1.82) is 0 Å². The lowest BCUT2D eigenvalue weighted by atomic mass is 9.82. The van der Waals surface area contributed by atoms with Crippen LogP contribution in [0.5, 0.6) is 0 Å². The molecule has 0 radical (unpaired) electrons. The average molecular weight is 277 g/mol. The van der Waals surface area contributed by atoms with Gasteiger partial charge in [-0.05, 0) is 18.2 Å². The average Bonchev–Trinajstić information content (AvgIpc) is 2.98. The normalized spacial score (nSPS) is 30.4. The molecular weight excluding hydrogens is 265 g/mol. The van der Waals surface area contributed by atoms with Crippen LogP contribution in [-0.4, -0.2) is 29.2 Å². The summed E-state index contributed by atoms with van der Waals surface area (Å²) in [6.07, 6.45) is 2.26. The Kier molecular flexibility index (Phi) is 3.02. The summed E-state index contributed by atoms with van der Waals surface area (Å²) in [5, 5.41) is 11.7. The third kappa shape index (κ3) is 2.08. The zero-order valence-electron chi connectivity index (χ0n) is 10.3. The van der Waals surface area contributed by atoms with Crippen LogP contribution in [0.4, 0.5) is 10.1 Å². The van der Waals surface area contributed by atoms with E-state index in [0.717, 1.165) is 0 Å². The van der Waals surface area contributed by atoms with E-state index in [0.29, 0.717) is 5.69 Å². The molecule has 1 amide bonds. The molecule has 4 atom stereocenters. The molecule has 0 aliphatic carbocycles. The van der Waals surface area contributed by atoms with Gasteiger partial charge in [-0.25, -0.2) is 4.39 Å². The lowest BCUT2D eigenvalue weighted by Crippen LogP contribution is -2.39. The molecule has 1 fully saturated rings. The maximum atomic E-state index is 13.1. The van der Waals surface area contributed by atoms with E-state index in [1.54, 1.807) is 18.2 Å². The van der Waals surface area contributed by atoms with Gasteiger partial charge in [-0.15, -0.1) is 0 Å². The molecule has 0 spiro atoms. The minimum absolute atomic E-state index is 0.297. The molecule has 6 heteroatoms. The van der Waals surface area contributed by atoms with Crippen molar-refractivity contribution in [3.05, 3.63) is 42.2 Å². The second kappa shape index (κ2) is 4.72. The summed E-state index contributed by atoms with van der Waals surface area (Å²) in [4.78, 5) is 23.5. The fraction of sp³-hybridized carbons (Fsp3) is 0.286. The number of hydrogen-bond donors (Lipinski definition) is 2. The first-order valence-electron chi connectivity index (χ1n) is 6.19. The van der Waals surface area contributed by atoms with Crippen molar-refractivity contribution in [3.8, 4) is 0 Å². The predicted octanol–water partition coefficient (Wildman–Crippen LogP) is 1.42. The van der Waals surface area contributed by atoms with Gasteiger partial charge < -0.3 is 15.2 Å². The summed E-state index contributed by atoms with van der Waals surface area (Å²) in [7, 11) is 0. The molecular formula is C14H12FNO4. The quantitative estimate of drug-likeness (QED) is 0.819. The van der Waals surface area contributed by atoms with E-state index in [4.69, 9.17) is 4.74 Å². The minimum Gasteiger partial charge on any atom is -0.481 e. The summed E-state index contributed by atoms with van der Waals surface area (Å²) in [5.74, 6) is -3.72. The summed E-state index contributed by atoms with van der Waals surface area (Å²) >= 11 is 0. The largest absolute Gasteiger partial charge is 0.481 e. The van der Waals surface area contributed by atoms with Crippen molar-refractivity contribution < 1.29 is 23.8 Å². The number of carboxylic acids is 1. The van der Waals surface area contributed by atoms with Gasteiger partial charge in [0.15, 0.2) is 0 Å². The first-order chi connectivity index (χ1) is 9.56. The van der Waals surface area contributed by atoms with Crippen molar-refractivity contribution in [3.63, 3.8) is 0 Å². The lowest BCUT2D eigenvalue weighted by molar-refractivity contribution is -0.145. The number of nitrogens with one attached hydrogen (secondary N) is 1. The Morgan fingerprint density at radius 2 is 1.90 bits per heavy atom. The monoisotopic (exact) mass is 277 g/mol. The number of carbonyl (C=O) groups excluding carboxylic acids is 1. The van der Waals surface area contributed by atoms with Gasteiger partial charge in [0.05, 0.1) is 18.1 Å². The number of hydrogen-bond acceptors (Lipinski definition) is 3. The highest BCUT2D eigenvalue weighted by Gasteiger charge is 2.53. The summed E-state index contributed by atoms with van der Waals surface area (Å²) in [6, 6.07) is 5.45. The first-order valence-corrected chi connectivity index (χ1v) is 6.19. The molecule has 2 aliphatic rings. The molecule has 0 aromatic heterocycles. The molecule has 2 heterocycles. The van der Waals surface area contributed by atoms with Crippen LogP contribution in [0.25, 0.3) is 0 Å². The van der Waals surface area contributed by atoms with Gasteiger partial charge >= 0.3 is 5.97 Å². The Morgan fingerprint density at radius 3 is 2.55 bits per heavy atom. The third-order valence-electron chi connectivity index (χ3n) is 3.58. The molecule has 1 aromatic carbocycles. The van der Waals surface area contributed by atoms with Crippen LogP contribution in [0.1, 0.15) is 0 Å². The van der Waals surface area contributed by atoms with E-state index in [1.165, 1.54) is 18.2 Å². The smallest absolute Gasteiger partial charge is 0.310 e. The van der Waals surface area contributed by atoms with Crippen LogP contribution in [0.3, 0.4) is 0 Å². The molecule has 2 aliphatic heterocycles. The summed E-state index contributed by atoms with van der Waals surface area (Å²) < 4.78 is 18.5. The molecule has 2 bridgehead atoms. The van der Waals surface area contributed by atoms with Crippen LogP contribution in [0, 0.1) is 17.7 Å². The van der Waals surface area contributed by atoms with Crippen molar-refractivity contribution in [2.24, 2.45) is 11.8 Å². The van der Waals surface area contributed by atoms with Gasteiger partial charge in [0.2, 0.25) is 5.91 Å². The highest BCUT2D eigenvalue weighted by Crippen LogP contribution is 2.39. The van der Waals surface area contributed by atoms with Gasteiger partial charge in [-0.1, -0.05) is 18.2 Å². The van der Waals surface area contributed by atoms with Crippen molar-refractivity contribution >= 4 is 17.6 Å². The van der Waals surface area contributed by atoms with Gasteiger partial charge in [-0.3, -0.25) is 9.59 Å². The fourth-order valence-corrected chi connectivity index (χ4v) is 2.71. The molecule has 1 aromatic rings. The van der Waals surface area contributed by atoms with Crippen molar-refractivity contribution in [1.82, 2.24) is 0 Å². The fourth-order valence-electron chi connectivity index (χ4n) is 2.71. The summed E-state index contributed by atoms with van der Waals surface area (Å²) in [6.45, 7) is 0. The molecule has 0 unspecified atom stereocenters. The number of halogens is 1. The SMILES string of the molecule is O=C(O)[C@H]1[C@H](C(=O)Nc2cccc(F)c2)[C@H]2C=C[C@H]1O2. The van der Waals surface area contributed by atoms with Crippen LogP contribution < -0.4 is 5.32 Å². The maximum Gasteiger partial charge on any atom is 0.310 e.